The molecule has 1 N–H and O–H groups in total. The normalized spacial score (nSPS) is 11.0. The molecule has 0 atom stereocenters. The molecule has 0 aliphatic heterocycles. The van der Waals surface area contributed by atoms with Crippen molar-refractivity contribution in [3.8, 4) is 0 Å². The number of rotatable bonds is 5. The molecule has 0 aliphatic rings. The molecule has 120 valence electrons. The lowest BCUT2D eigenvalue weighted by Gasteiger charge is -2.19. The van der Waals surface area contributed by atoms with Crippen LogP contribution in [0.3, 0.4) is 0 Å². The highest BCUT2D eigenvalue weighted by molar-refractivity contribution is 6.31. The van der Waals surface area contributed by atoms with Gasteiger partial charge in [0.1, 0.15) is 6.54 Å². The van der Waals surface area contributed by atoms with Crippen LogP contribution in [0.5, 0.6) is 0 Å². The largest absolute Gasteiger partial charge is 0.417 e. The molecule has 0 fully saturated rings. The lowest BCUT2D eigenvalue weighted by molar-refractivity contribution is -0.137. The van der Waals surface area contributed by atoms with Gasteiger partial charge in [-0.1, -0.05) is 17.7 Å². The zero-order valence-electron chi connectivity index (χ0n) is 11.7. The van der Waals surface area contributed by atoms with Crippen molar-refractivity contribution in [1.82, 2.24) is 4.90 Å². The van der Waals surface area contributed by atoms with Crippen molar-refractivity contribution in [2.45, 2.75) is 13.1 Å². The fraction of sp³-hybridized carbons (Fsp3) is 0.286. The molecule has 1 aromatic rings. The van der Waals surface area contributed by atoms with E-state index in [4.69, 9.17) is 11.6 Å². The first kappa shape index (κ1) is 18.0. The maximum atomic E-state index is 12.7. The van der Waals surface area contributed by atoms with Crippen molar-refractivity contribution in [1.29, 1.82) is 0 Å². The maximum absolute atomic E-state index is 12.7. The summed E-state index contributed by atoms with van der Waals surface area (Å²) in [7, 11) is 0. The molecule has 0 aliphatic carbocycles. The molecule has 0 bridgehead atoms. The van der Waals surface area contributed by atoms with Crippen LogP contribution in [-0.4, -0.2) is 29.8 Å². The molecular formula is C14H14ClF3N2O2. The molecule has 22 heavy (non-hydrogen) atoms. The van der Waals surface area contributed by atoms with Crippen molar-refractivity contribution < 1.29 is 22.8 Å². The van der Waals surface area contributed by atoms with Crippen molar-refractivity contribution >= 4 is 29.1 Å². The number of benzene rings is 1. The molecule has 8 heteroatoms. The molecule has 0 heterocycles. The lowest BCUT2D eigenvalue weighted by Crippen LogP contribution is -2.36. The molecule has 2 amide bonds. The van der Waals surface area contributed by atoms with Gasteiger partial charge < -0.3 is 10.2 Å². The molecule has 0 radical (unpaired) electrons. The van der Waals surface area contributed by atoms with Crippen molar-refractivity contribution in [3.63, 3.8) is 0 Å². The third-order valence-electron chi connectivity index (χ3n) is 2.68. The molecular weight excluding hydrogens is 321 g/mol. The van der Waals surface area contributed by atoms with Gasteiger partial charge in [0.2, 0.25) is 11.8 Å². The van der Waals surface area contributed by atoms with E-state index < -0.39 is 22.7 Å². The van der Waals surface area contributed by atoms with Gasteiger partial charge in [-0.05, 0) is 18.2 Å². The third kappa shape index (κ3) is 5.07. The van der Waals surface area contributed by atoms with E-state index in [-0.39, 0.29) is 24.7 Å². The molecule has 1 rings (SSSR count). The van der Waals surface area contributed by atoms with Gasteiger partial charge in [-0.2, -0.15) is 13.2 Å². The summed E-state index contributed by atoms with van der Waals surface area (Å²) in [4.78, 5) is 24.3. The quantitative estimate of drug-likeness (QED) is 0.840. The van der Waals surface area contributed by atoms with Gasteiger partial charge in [0, 0.05) is 19.2 Å². The van der Waals surface area contributed by atoms with Crippen molar-refractivity contribution in [2.75, 3.05) is 18.4 Å². The van der Waals surface area contributed by atoms with Crippen LogP contribution in [0.15, 0.2) is 30.9 Å². The van der Waals surface area contributed by atoms with Gasteiger partial charge in [0.05, 0.1) is 10.6 Å². The second-order valence-electron chi connectivity index (χ2n) is 4.43. The first-order valence-electron chi connectivity index (χ1n) is 6.18. The molecule has 0 saturated heterocycles. The summed E-state index contributed by atoms with van der Waals surface area (Å²) in [5.41, 5.74) is -1.09. The molecule has 1 aromatic carbocycles. The Hall–Kier alpha value is -2.02. The van der Waals surface area contributed by atoms with Gasteiger partial charge in [-0.3, -0.25) is 9.59 Å². The second-order valence-corrected chi connectivity index (χ2v) is 4.84. The van der Waals surface area contributed by atoms with Crippen molar-refractivity contribution in [3.05, 3.63) is 41.4 Å². The highest BCUT2D eigenvalue weighted by Crippen LogP contribution is 2.36. The van der Waals surface area contributed by atoms with Gasteiger partial charge in [0.25, 0.3) is 0 Å². The van der Waals surface area contributed by atoms with E-state index >= 15 is 0 Å². The maximum Gasteiger partial charge on any atom is 0.417 e. The number of carbonyl (C=O) groups is 2. The summed E-state index contributed by atoms with van der Waals surface area (Å²) in [6.07, 6.45) is -3.18. The number of anilines is 1. The van der Waals surface area contributed by atoms with E-state index in [0.29, 0.717) is 0 Å². The predicted molar refractivity (Wildman–Crippen MR) is 77.5 cm³/mol. The van der Waals surface area contributed by atoms with Crippen LogP contribution in [0.2, 0.25) is 5.02 Å². The van der Waals surface area contributed by atoms with Crippen LogP contribution in [0.4, 0.5) is 18.9 Å². The number of amides is 2. The fourth-order valence-electron chi connectivity index (χ4n) is 1.65. The van der Waals surface area contributed by atoms with E-state index in [2.05, 4.69) is 11.9 Å². The Bertz CT molecular complexity index is 588. The minimum Gasteiger partial charge on any atom is -0.330 e. The van der Waals surface area contributed by atoms with Crippen LogP contribution in [0.25, 0.3) is 0 Å². The third-order valence-corrected chi connectivity index (χ3v) is 3.01. The highest BCUT2D eigenvalue weighted by Gasteiger charge is 2.33. The Morgan fingerprint density at radius 1 is 1.41 bits per heavy atom. The predicted octanol–water partition coefficient (Wildman–Crippen LogP) is 3.33. The smallest absolute Gasteiger partial charge is 0.330 e. The molecule has 0 unspecified atom stereocenters. The van der Waals surface area contributed by atoms with Crippen LogP contribution < -0.4 is 5.32 Å². The Labute approximate surface area is 130 Å². The Morgan fingerprint density at radius 3 is 2.55 bits per heavy atom. The van der Waals surface area contributed by atoms with Crippen molar-refractivity contribution in [2.24, 2.45) is 0 Å². The molecule has 0 spiro atoms. The van der Waals surface area contributed by atoms with Gasteiger partial charge >= 0.3 is 6.18 Å². The second kappa shape index (κ2) is 7.31. The van der Waals surface area contributed by atoms with Crippen LogP contribution in [0.1, 0.15) is 12.5 Å². The van der Waals surface area contributed by atoms with E-state index in [1.54, 1.807) is 0 Å². The van der Waals surface area contributed by atoms with Gasteiger partial charge in [0.15, 0.2) is 0 Å². The number of nitrogens with one attached hydrogen (secondary N) is 1. The summed E-state index contributed by atoms with van der Waals surface area (Å²) in [6, 6.07) is 3.04. The van der Waals surface area contributed by atoms with Gasteiger partial charge in [-0.15, -0.1) is 6.58 Å². The molecule has 0 aromatic heterocycles. The number of hydrogen-bond donors (Lipinski definition) is 1. The molecule has 4 nitrogen and oxygen atoms in total. The Morgan fingerprint density at radius 2 is 2.05 bits per heavy atom. The Balaban J connectivity index is 2.84. The molecule has 0 saturated carbocycles. The summed E-state index contributed by atoms with van der Waals surface area (Å²) in [5.74, 6) is -0.963. The fourth-order valence-corrected chi connectivity index (χ4v) is 1.88. The summed E-state index contributed by atoms with van der Waals surface area (Å²) in [5, 5.41) is 1.84. The number of alkyl halides is 3. The number of carbonyl (C=O) groups excluding carboxylic acids is 2. The number of nitrogens with zero attached hydrogens (tertiary/aromatic N) is 1. The van der Waals surface area contributed by atoms with Crippen LogP contribution in [-0.2, 0) is 15.8 Å². The highest BCUT2D eigenvalue weighted by atomic mass is 35.5. The van der Waals surface area contributed by atoms with Gasteiger partial charge in [-0.25, -0.2) is 0 Å². The summed E-state index contributed by atoms with van der Waals surface area (Å²) < 4.78 is 38.2. The zero-order valence-corrected chi connectivity index (χ0v) is 12.5. The average Bonchev–Trinajstić information content (AvgIpc) is 2.39. The number of halogens is 4. The van der Waals surface area contributed by atoms with E-state index in [1.807, 2.05) is 0 Å². The van der Waals surface area contributed by atoms with E-state index in [0.717, 1.165) is 12.1 Å². The topological polar surface area (TPSA) is 49.4 Å². The monoisotopic (exact) mass is 334 g/mol. The zero-order chi connectivity index (χ0) is 16.9. The minimum absolute atomic E-state index is 0.0520. The Kier molecular flexibility index (Phi) is 5.99. The first-order valence-corrected chi connectivity index (χ1v) is 6.56. The van der Waals surface area contributed by atoms with E-state index in [1.165, 1.54) is 24.0 Å². The standard InChI is InChI=1S/C14H14ClF3N2O2/c1-3-6-20(9(2)21)8-13(22)19-10-4-5-12(15)11(7-10)14(16,17)18/h3-5,7H,1,6,8H2,2H3,(H,19,22). The van der Waals surface area contributed by atoms with Crippen LogP contribution in [0, 0.1) is 0 Å². The summed E-state index contributed by atoms with van der Waals surface area (Å²) in [6.45, 7) is 4.61. The first-order chi connectivity index (χ1) is 10.1. The average molecular weight is 335 g/mol. The lowest BCUT2D eigenvalue weighted by atomic mass is 10.2. The van der Waals surface area contributed by atoms with Crippen LogP contribution >= 0.6 is 11.6 Å². The SMILES string of the molecule is C=CCN(CC(=O)Nc1ccc(Cl)c(C(F)(F)F)c1)C(C)=O. The minimum atomic E-state index is -4.62. The number of hydrogen-bond acceptors (Lipinski definition) is 2. The summed E-state index contributed by atoms with van der Waals surface area (Å²) >= 11 is 5.49. The van der Waals surface area contributed by atoms with E-state index in [9.17, 15) is 22.8 Å².